The second kappa shape index (κ2) is 5.91. The van der Waals surface area contributed by atoms with Crippen molar-refractivity contribution in [1.82, 2.24) is 4.90 Å². The van der Waals surface area contributed by atoms with Gasteiger partial charge in [0, 0.05) is 30.6 Å². The van der Waals surface area contributed by atoms with Crippen molar-refractivity contribution in [3.8, 4) is 0 Å². The zero-order valence-corrected chi connectivity index (χ0v) is 14.5. The van der Waals surface area contributed by atoms with Crippen LogP contribution in [-0.2, 0) is 15.0 Å². The van der Waals surface area contributed by atoms with Gasteiger partial charge in [-0.05, 0) is 50.2 Å². The zero-order chi connectivity index (χ0) is 16.7. The third-order valence-corrected chi connectivity index (χ3v) is 5.92. The summed E-state index contributed by atoms with van der Waals surface area (Å²) in [6.45, 7) is 3.56. The van der Waals surface area contributed by atoms with Gasteiger partial charge < -0.3 is 9.80 Å². The summed E-state index contributed by atoms with van der Waals surface area (Å²) in [6, 6.07) is 8.07. The summed E-state index contributed by atoms with van der Waals surface area (Å²) in [5.74, 6) is 0.277. The minimum absolute atomic E-state index is 0.135. The molecule has 2 amide bonds. The fourth-order valence-electron chi connectivity index (χ4n) is 4.43. The van der Waals surface area contributed by atoms with E-state index in [2.05, 4.69) is 18.2 Å². The summed E-state index contributed by atoms with van der Waals surface area (Å²) < 4.78 is 0. The van der Waals surface area contributed by atoms with Crippen LogP contribution >= 0.6 is 0 Å². The molecule has 128 valence electrons. The van der Waals surface area contributed by atoms with Crippen molar-refractivity contribution >= 4 is 17.5 Å². The number of likely N-dealkylation sites (tertiary alicyclic amines) is 1. The van der Waals surface area contributed by atoms with Crippen LogP contribution in [0.5, 0.6) is 0 Å². The number of anilines is 1. The first-order chi connectivity index (χ1) is 11.7. The molecule has 3 aliphatic rings. The molecule has 2 aliphatic heterocycles. The highest BCUT2D eigenvalue weighted by Crippen LogP contribution is 2.56. The predicted molar refractivity (Wildman–Crippen MR) is 94.0 cm³/mol. The maximum absolute atomic E-state index is 13.3. The van der Waals surface area contributed by atoms with E-state index in [1.807, 2.05) is 22.8 Å². The van der Waals surface area contributed by atoms with Crippen LogP contribution in [0.2, 0.25) is 0 Å². The molecule has 1 atom stereocenters. The van der Waals surface area contributed by atoms with E-state index in [1.165, 1.54) is 18.4 Å². The molecule has 4 heteroatoms. The quantitative estimate of drug-likeness (QED) is 0.855. The molecule has 1 spiro atoms. The fraction of sp³-hybridized carbons (Fsp3) is 0.600. The van der Waals surface area contributed by atoms with Crippen molar-refractivity contribution in [1.29, 1.82) is 0 Å². The zero-order valence-electron chi connectivity index (χ0n) is 14.5. The van der Waals surface area contributed by atoms with Gasteiger partial charge in [0.2, 0.25) is 11.8 Å². The molecule has 1 aromatic rings. The summed E-state index contributed by atoms with van der Waals surface area (Å²) in [4.78, 5) is 29.6. The lowest BCUT2D eigenvalue weighted by Crippen LogP contribution is -2.53. The Hall–Kier alpha value is -1.84. The molecule has 0 radical (unpaired) electrons. The summed E-state index contributed by atoms with van der Waals surface area (Å²) in [6.07, 6.45) is 6.59. The van der Waals surface area contributed by atoms with Gasteiger partial charge in [-0.1, -0.05) is 25.1 Å². The lowest BCUT2D eigenvalue weighted by atomic mass is 9.99. The van der Waals surface area contributed by atoms with Crippen LogP contribution in [0.15, 0.2) is 24.3 Å². The van der Waals surface area contributed by atoms with E-state index in [0.717, 1.165) is 44.5 Å². The highest BCUT2D eigenvalue weighted by Gasteiger charge is 2.53. The number of hydrogen-bond donors (Lipinski definition) is 0. The molecule has 4 rings (SSSR count). The predicted octanol–water partition coefficient (Wildman–Crippen LogP) is 3.25. The topological polar surface area (TPSA) is 40.6 Å². The third kappa shape index (κ3) is 2.43. The summed E-state index contributed by atoms with van der Waals surface area (Å²) >= 11 is 0. The van der Waals surface area contributed by atoms with Gasteiger partial charge in [-0.15, -0.1) is 0 Å². The Morgan fingerprint density at radius 2 is 2.00 bits per heavy atom. The molecule has 24 heavy (non-hydrogen) atoms. The SMILES string of the molecule is CCCC(=O)N1CCCCC1C(=O)N1CC2(CC2)c2ccccc21. The van der Waals surface area contributed by atoms with Crippen molar-refractivity contribution in [2.75, 3.05) is 18.0 Å². The van der Waals surface area contributed by atoms with Crippen LogP contribution in [0.1, 0.15) is 57.4 Å². The summed E-state index contributed by atoms with van der Waals surface area (Å²) in [5, 5.41) is 0. The Morgan fingerprint density at radius 1 is 1.21 bits per heavy atom. The number of nitrogens with zero attached hydrogens (tertiary/aromatic N) is 2. The Bertz CT molecular complexity index is 665. The first-order valence-electron chi connectivity index (χ1n) is 9.37. The monoisotopic (exact) mass is 326 g/mol. The number of carbonyl (C=O) groups is 2. The third-order valence-electron chi connectivity index (χ3n) is 5.92. The Labute approximate surface area is 143 Å². The second-order valence-corrected chi connectivity index (χ2v) is 7.57. The van der Waals surface area contributed by atoms with Crippen molar-refractivity contribution in [3.63, 3.8) is 0 Å². The van der Waals surface area contributed by atoms with Crippen LogP contribution < -0.4 is 4.90 Å². The Balaban J connectivity index is 1.60. The van der Waals surface area contributed by atoms with Crippen LogP contribution in [0.4, 0.5) is 5.69 Å². The van der Waals surface area contributed by atoms with E-state index < -0.39 is 0 Å². The van der Waals surface area contributed by atoms with E-state index in [9.17, 15) is 9.59 Å². The van der Waals surface area contributed by atoms with Gasteiger partial charge in [-0.3, -0.25) is 9.59 Å². The average Bonchev–Trinajstić information content (AvgIpc) is 3.32. The molecule has 0 bridgehead atoms. The maximum Gasteiger partial charge on any atom is 0.249 e. The first-order valence-corrected chi connectivity index (χ1v) is 9.37. The fourth-order valence-corrected chi connectivity index (χ4v) is 4.43. The van der Waals surface area contributed by atoms with Crippen molar-refractivity contribution in [2.45, 2.75) is 63.3 Å². The molecular weight excluding hydrogens is 300 g/mol. The van der Waals surface area contributed by atoms with Gasteiger partial charge in [-0.25, -0.2) is 0 Å². The number of hydrogen-bond acceptors (Lipinski definition) is 2. The number of piperidine rings is 1. The van der Waals surface area contributed by atoms with E-state index in [4.69, 9.17) is 0 Å². The molecule has 0 aromatic heterocycles. The van der Waals surface area contributed by atoms with Crippen molar-refractivity contribution in [2.24, 2.45) is 0 Å². The van der Waals surface area contributed by atoms with Gasteiger partial charge in [0.1, 0.15) is 6.04 Å². The minimum atomic E-state index is -0.264. The molecule has 1 saturated carbocycles. The average molecular weight is 326 g/mol. The van der Waals surface area contributed by atoms with E-state index in [-0.39, 0.29) is 23.3 Å². The Kier molecular flexibility index (Phi) is 3.86. The molecule has 1 saturated heterocycles. The normalized spacial score (nSPS) is 24.1. The molecule has 0 N–H and O–H groups in total. The first kappa shape index (κ1) is 15.7. The molecule has 4 nitrogen and oxygen atoms in total. The number of rotatable bonds is 3. The number of fused-ring (bicyclic) bond motifs is 2. The highest BCUT2D eigenvalue weighted by atomic mass is 16.2. The van der Waals surface area contributed by atoms with Crippen molar-refractivity contribution < 1.29 is 9.59 Å². The molecule has 2 heterocycles. The van der Waals surface area contributed by atoms with Crippen molar-refractivity contribution in [3.05, 3.63) is 29.8 Å². The molecule has 1 unspecified atom stereocenters. The highest BCUT2D eigenvalue weighted by molar-refractivity contribution is 6.01. The second-order valence-electron chi connectivity index (χ2n) is 7.57. The van der Waals surface area contributed by atoms with Gasteiger partial charge in [-0.2, -0.15) is 0 Å². The van der Waals surface area contributed by atoms with E-state index >= 15 is 0 Å². The van der Waals surface area contributed by atoms with E-state index in [1.54, 1.807) is 0 Å². The molecular formula is C20H26N2O2. The van der Waals surface area contributed by atoms with Crippen LogP contribution in [0.3, 0.4) is 0 Å². The van der Waals surface area contributed by atoms with Gasteiger partial charge in [0.15, 0.2) is 0 Å². The minimum Gasteiger partial charge on any atom is -0.331 e. The molecule has 1 aliphatic carbocycles. The standard InChI is InChI=1S/C20H26N2O2/c1-2-7-18(23)21-13-6-5-10-17(21)19(24)22-14-20(11-12-20)15-8-3-4-9-16(15)22/h3-4,8-9,17H,2,5-7,10-14H2,1H3. The number of amides is 2. The van der Waals surface area contributed by atoms with Gasteiger partial charge in [0.25, 0.3) is 0 Å². The number of carbonyl (C=O) groups excluding carboxylic acids is 2. The molecule has 2 fully saturated rings. The smallest absolute Gasteiger partial charge is 0.249 e. The number of para-hydroxylation sites is 1. The maximum atomic E-state index is 13.3. The van der Waals surface area contributed by atoms with Crippen LogP contribution in [-0.4, -0.2) is 35.8 Å². The summed E-state index contributed by atoms with van der Waals surface area (Å²) in [5.41, 5.74) is 2.62. The lowest BCUT2D eigenvalue weighted by Gasteiger charge is -2.37. The van der Waals surface area contributed by atoms with Gasteiger partial charge >= 0.3 is 0 Å². The largest absolute Gasteiger partial charge is 0.331 e. The summed E-state index contributed by atoms with van der Waals surface area (Å²) in [7, 11) is 0. The van der Waals surface area contributed by atoms with E-state index in [0.29, 0.717) is 6.42 Å². The lowest BCUT2D eigenvalue weighted by molar-refractivity contribution is -0.141. The van der Waals surface area contributed by atoms with Gasteiger partial charge in [0.05, 0.1) is 0 Å². The van der Waals surface area contributed by atoms with Crippen LogP contribution in [0, 0.1) is 0 Å². The Morgan fingerprint density at radius 3 is 2.75 bits per heavy atom. The molecule has 1 aromatic carbocycles. The van der Waals surface area contributed by atoms with Crippen LogP contribution in [0.25, 0.3) is 0 Å². The number of benzene rings is 1.